The summed E-state index contributed by atoms with van der Waals surface area (Å²) in [4.78, 5) is 14.6. The number of nitrogens with two attached hydrogens (primary N) is 1. The molecule has 2 N–H and O–H groups in total. The molecule has 1 aliphatic heterocycles. The summed E-state index contributed by atoms with van der Waals surface area (Å²) in [5.74, 6) is 0.661. The van der Waals surface area contributed by atoms with Crippen LogP contribution in [0, 0.1) is 11.3 Å². The molecule has 3 nitrogen and oxygen atoms in total. The number of carbonyl (C=O) groups excluding carboxylic acids is 1. The van der Waals surface area contributed by atoms with Gasteiger partial charge >= 0.3 is 0 Å². The number of nitrogen functional groups attached to an aromatic ring is 1. The first kappa shape index (κ1) is 16.2. The average Bonchev–Trinajstić information content (AvgIpc) is 2.66. The fourth-order valence-electron chi connectivity index (χ4n) is 3.05. The minimum Gasteiger partial charge on any atom is -0.398 e. The van der Waals surface area contributed by atoms with Crippen molar-refractivity contribution in [3.63, 3.8) is 0 Å². The van der Waals surface area contributed by atoms with Gasteiger partial charge < -0.3 is 10.6 Å². The van der Waals surface area contributed by atoms with E-state index >= 15 is 0 Å². The van der Waals surface area contributed by atoms with Crippen LogP contribution in [0.3, 0.4) is 0 Å². The van der Waals surface area contributed by atoms with Crippen molar-refractivity contribution < 1.29 is 4.79 Å². The second-order valence-corrected chi connectivity index (χ2v) is 7.37. The second kappa shape index (κ2) is 6.27. The molecule has 116 valence electrons. The summed E-state index contributed by atoms with van der Waals surface area (Å²) in [6.07, 6.45) is 3.28. The summed E-state index contributed by atoms with van der Waals surface area (Å²) in [6, 6.07) is 5.26. The van der Waals surface area contributed by atoms with Crippen LogP contribution in [0.1, 0.15) is 50.4 Å². The zero-order valence-electron chi connectivity index (χ0n) is 13.2. The van der Waals surface area contributed by atoms with E-state index in [1.165, 1.54) is 6.42 Å². The highest BCUT2D eigenvalue weighted by molar-refractivity contribution is 6.36. The molecule has 2 rings (SSSR count). The van der Waals surface area contributed by atoms with E-state index in [4.69, 9.17) is 17.3 Å². The third-order valence-corrected chi connectivity index (χ3v) is 4.92. The van der Waals surface area contributed by atoms with Crippen LogP contribution in [0.4, 0.5) is 5.69 Å². The van der Waals surface area contributed by atoms with Crippen molar-refractivity contribution in [2.24, 2.45) is 11.3 Å². The van der Waals surface area contributed by atoms with E-state index < -0.39 is 0 Å². The standard InChI is InChI=1S/C17H25ClN2O/c1-17(2,3)12-6-5-10-20(11-9-12)16(21)13-7-4-8-14(19)15(13)18/h4,7-8,12H,5-6,9-11,19H2,1-3H3. The zero-order valence-corrected chi connectivity index (χ0v) is 13.9. The zero-order chi connectivity index (χ0) is 15.6. The van der Waals surface area contributed by atoms with Crippen LogP contribution in [-0.4, -0.2) is 23.9 Å². The Kier molecular flexibility index (Phi) is 4.82. The lowest BCUT2D eigenvalue weighted by Crippen LogP contribution is -2.32. The molecule has 1 unspecified atom stereocenters. The van der Waals surface area contributed by atoms with Gasteiger partial charge in [0.1, 0.15) is 0 Å². The Labute approximate surface area is 132 Å². The molecule has 1 amide bonds. The summed E-state index contributed by atoms with van der Waals surface area (Å²) in [7, 11) is 0. The van der Waals surface area contributed by atoms with Crippen molar-refractivity contribution in [1.82, 2.24) is 4.90 Å². The highest BCUT2D eigenvalue weighted by Crippen LogP contribution is 2.35. The van der Waals surface area contributed by atoms with Crippen molar-refractivity contribution in [1.29, 1.82) is 0 Å². The lowest BCUT2D eigenvalue weighted by atomic mass is 9.77. The third kappa shape index (κ3) is 3.70. The monoisotopic (exact) mass is 308 g/mol. The molecule has 1 aromatic rings. The maximum Gasteiger partial charge on any atom is 0.255 e. The summed E-state index contributed by atoms with van der Waals surface area (Å²) in [5, 5.41) is 0.374. The van der Waals surface area contributed by atoms with Crippen molar-refractivity contribution in [3.8, 4) is 0 Å². The van der Waals surface area contributed by atoms with Gasteiger partial charge in [0.2, 0.25) is 0 Å². The molecule has 0 aromatic heterocycles. The molecule has 1 aliphatic rings. The number of anilines is 1. The predicted octanol–water partition coefficient (Wildman–Crippen LogP) is 4.21. The van der Waals surface area contributed by atoms with Gasteiger partial charge in [-0.2, -0.15) is 0 Å². The number of benzene rings is 1. The van der Waals surface area contributed by atoms with Gasteiger partial charge in [0, 0.05) is 13.1 Å². The molecule has 21 heavy (non-hydrogen) atoms. The van der Waals surface area contributed by atoms with Crippen LogP contribution >= 0.6 is 11.6 Å². The van der Waals surface area contributed by atoms with E-state index in [0.717, 1.165) is 25.9 Å². The van der Waals surface area contributed by atoms with Gasteiger partial charge in [-0.05, 0) is 42.7 Å². The van der Waals surface area contributed by atoms with Crippen LogP contribution in [0.2, 0.25) is 5.02 Å². The van der Waals surface area contributed by atoms with Crippen molar-refractivity contribution in [3.05, 3.63) is 28.8 Å². The van der Waals surface area contributed by atoms with Gasteiger partial charge in [0.15, 0.2) is 0 Å². The topological polar surface area (TPSA) is 46.3 Å². The van der Waals surface area contributed by atoms with Crippen LogP contribution in [0.5, 0.6) is 0 Å². The normalized spacial score (nSPS) is 20.2. The van der Waals surface area contributed by atoms with E-state index in [2.05, 4.69) is 20.8 Å². The first-order valence-electron chi connectivity index (χ1n) is 7.64. The van der Waals surface area contributed by atoms with Gasteiger partial charge in [0.25, 0.3) is 5.91 Å². The molecule has 1 atom stereocenters. The number of likely N-dealkylation sites (tertiary alicyclic amines) is 1. The molecule has 4 heteroatoms. The lowest BCUT2D eigenvalue weighted by molar-refractivity contribution is 0.0756. The first-order valence-corrected chi connectivity index (χ1v) is 8.01. The molecular weight excluding hydrogens is 284 g/mol. The number of hydrogen-bond acceptors (Lipinski definition) is 2. The minimum absolute atomic E-state index is 0.00172. The van der Waals surface area contributed by atoms with E-state index in [0.29, 0.717) is 27.6 Å². The Morgan fingerprint density at radius 3 is 2.67 bits per heavy atom. The molecule has 0 bridgehead atoms. The summed E-state index contributed by atoms with van der Waals surface area (Å²) >= 11 is 6.18. The van der Waals surface area contributed by atoms with E-state index in [1.54, 1.807) is 18.2 Å². The molecule has 1 heterocycles. The Morgan fingerprint density at radius 2 is 2.00 bits per heavy atom. The number of amides is 1. The highest BCUT2D eigenvalue weighted by atomic mass is 35.5. The number of rotatable bonds is 1. The van der Waals surface area contributed by atoms with E-state index in [1.807, 2.05) is 4.90 Å². The second-order valence-electron chi connectivity index (χ2n) is 6.99. The SMILES string of the molecule is CC(C)(C)C1CCCN(C(=O)c2cccc(N)c2Cl)CC1. The summed E-state index contributed by atoms with van der Waals surface area (Å²) < 4.78 is 0. The van der Waals surface area contributed by atoms with E-state index in [9.17, 15) is 4.79 Å². The Morgan fingerprint density at radius 1 is 1.29 bits per heavy atom. The fraction of sp³-hybridized carbons (Fsp3) is 0.588. The quantitative estimate of drug-likeness (QED) is 0.790. The maximum atomic E-state index is 12.7. The van der Waals surface area contributed by atoms with Crippen LogP contribution in [0.15, 0.2) is 18.2 Å². The number of hydrogen-bond donors (Lipinski definition) is 1. The van der Waals surface area contributed by atoms with Crippen LogP contribution in [-0.2, 0) is 0 Å². The maximum absolute atomic E-state index is 12.7. The largest absolute Gasteiger partial charge is 0.398 e. The Balaban J connectivity index is 2.12. The minimum atomic E-state index is 0.00172. The summed E-state index contributed by atoms with van der Waals surface area (Å²) in [6.45, 7) is 8.44. The van der Waals surface area contributed by atoms with Crippen molar-refractivity contribution in [2.75, 3.05) is 18.8 Å². The third-order valence-electron chi connectivity index (χ3n) is 4.50. The molecule has 1 saturated heterocycles. The van der Waals surface area contributed by atoms with Crippen molar-refractivity contribution >= 4 is 23.2 Å². The van der Waals surface area contributed by atoms with E-state index in [-0.39, 0.29) is 5.91 Å². The molecule has 0 saturated carbocycles. The summed E-state index contributed by atoms with van der Waals surface area (Å²) in [5.41, 5.74) is 7.08. The number of carbonyl (C=O) groups is 1. The van der Waals surface area contributed by atoms with Gasteiger partial charge in [-0.15, -0.1) is 0 Å². The van der Waals surface area contributed by atoms with Crippen LogP contribution in [0.25, 0.3) is 0 Å². The Bertz CT molecular complexity index is 522. The molecule has 0 aliphatic carbocycles. The average molecular weight is 309 g/mol. The van der Waals surface area contributed by atoms with Gasteiger partial charge in [0.05, 0.1) is 16.3 Å². The molecule has 1 fully saturated rings. The fourth-order valence-corrected chi connectivity index (χ4v) is 3.26. The molecule has 0 radical (unpaired) electrons. The first-order chi connectivity index (χ1) is 9.80. The number of halogens is 1. The molecule has 0 spiro atoms. The number of nitrogens with zero attached hydrogens (tertiary/aromatic N) is 1. The predicted molar refractivity (Wildman–Crippen MR) is 88.6 cm³/mol. The van der Waals surface area contributed by atoms with Crippen molar-refractivity contribution in [2.45, 2.75) is 40.0 Å². The lowest BCUT2D eigenvalue weighted by Gasteiger charge is -2.29. The van der Waals surface area contributed by atoms with Gasteiger partial charge in [-0.1, -0.05) is 38.4 Å². The smallest absolute Gasteiger partial charge is 0.255 e. The molecular formula is C17H25ClN2O. The van der Waals surface area contributed by atoms with Gasteiger partial charge in [-0.25, -0.2) is 0 Å². The Hall–Kier alpha value is -1.22. The highest BCUT2D eigenvalue weighted by Gasteiger charge is 2.29. The van der Waals surface area contributed by atoms with Crippen LogP contribution < -0.4 is 5.73 Å². The van der Waals surface area contributed by atoms with Gasteiger partial charge in [-0.3, -0.25) is 4.79 Å². The molecule has 1 aromatic carbocycles.